The molecular formula is C12H15N3O2S2. The molecule has 0 amide bonds. The lowest BCUT2D eigenvalue weighted by Crippen LogP contribution is -2.19. The summed E-state index contributed by atoms with van der Waals surface area (Å²) in [4.78, 5) is 3.16. The number of nitrogens with zero attached hydrogens (tertiary/aromatic N) is 2. The Labute approximate surface area is 120 Å². The van der Waals surface area contributed by atoms with Gasteiger partial charge in [-0.05, 0) is 37.9 Å². The summed E-state index contributed by atoms with van der Waals surface area (Å²) in [5.41, 5.74) is 2.34. The number of rotatable bonds is 2. The van der Waals surface area contributed by atoms with Crippen molar-refractivity contribution in [3.8, 4) is 0 Å². The highest BCUT2D eigenvalue weighted by Gasteiger charge is 2.22. The molecule has 1 unspecified atom stereocenters. The molecule has 1 aliphatic heterocycles. The molecule has 0 bridgehead atoms. The first-order chi connectivity index (χ1) is 9.20. The predicted molar refractivity (Wildman–Crippen MR) is 76.2 cm³/mol. The first kappa shape index (κ1) is 13.0. The van der Waals surface area contributed by atoms with Gasteiger partial charge < -0.3 is 14.1 Å². The highest BCUT2D eigenvalue weighted by Crippen LogP contribution is 2.28. The van der Waals surface area contributed by atoms with Gasteiger partial charge in [0.25, 0.3) is 4.84 Å². The Kier molecular flexibility index (Phi) is 3.51. The van der Waals surface area contributed by atoms with Crippen molar-refractivity contribution in [2.24, 2.45) is 0 Å². The van der Waals surface area contributed by atoms with E-state index in [-0.39, 0.29) is 11.1 Å². The summed E-state index contributed by atoms with van der Waals surface area (Å²) in [7, 11) is 0. The van der Waals surface area contributed by atoms with Crippen molar-refractivity contribution in [1.82, 2.24) is 14.8 Å². The van der Waals surface area contributed by atoms with E-state index < -0.39 is 0 Å². The van der Waals surface area contributed by atoms with Crippen LogP contribution in [0.1, 0.15) is 38.1 Å². The molecule has 1 aliphatic rings. The van der Waals surface area contributed by atoms with Crippen LogP contribution in [0.25, 0.3) is 11.1 Å². The average molecular weight is 297 g/mol. The summed E-state index contributed by atoms with van der Waals surface area (Å²) in [5.74, 6) is 0. The molecule has 102 valence electrons. The van der Waals surface area contributed by atoms with Gasteiger partial charge in [0, 0.05) is 6.61 Å². The minimum Gasteiger partial charge on any atom is -0.427 e. The highest BCUT2D eigenvalue weighted by atomic mass is 32.1. The van der Waals surface area contributed by atoms with Gasteiger partial charge in [-0.25, -0.2) is 4.68 Å². The van der Waals surface area contributed by atoms with Crippen molar-refractivity contribution in [1.29, 1.82) is 0 Å². The second-order valence-corrected chi connectivity index (χ2v) is 5.37. The summed E-state index contributed by atoms with van der Waals surface area (Å²) in [5, 5.41) is 4.60. The first-order valence-corrected chi connectivity index (χ1v) is 7.28. The molecule has 0 radical (unpaired) electrons. The minimum atomic E-state index is -0.0576. The number of fused-ring (bicyclic) bond motifs is 1. The zero-order valence-electron chi connectivity index (χ0n) is 10.6. The van der Waals surface area contributed by atoms with Crippen molar-refractivity contribution in [2.45, 2.75) is 38.8 Å². The smallest absolute Gasteiger partial charge is 0.267 e. The van der Waals surface area contributed by atoms with E-state index >= 15 is 0 Å². The number of aromatic amines is 1. The predicted octanol–water partition coefficient (Wildman–Crippen LogP) is 3.68. The van der Waals surface area contributed by atoms with Gasteiger partial charge in [0.15, 0.2) is 11.8 Å². The van der Waals surface area contributed by atoms with Crippen LogP contribution >= 0.6 is 24.4 Å². The number of aromatic nitrogens is 3. The summed E-state index contributed by atoms with van der Waals surface area (Å²) in [6.07, 6.45) is 3.90. The van der Waals surface area contributed by atoms with Crippen LogP contribution in [0.15, 0.2) is 4.42 Å². The first-order valence-electron chi connectivity index (χ1n) is 6.47. The summed E-state index contributed by atoms with van der Waals surface area (Å²) in [6.45, 7) is 2.80. The van der Waals surface area contributed by atoms with Gasteiger partial charge in [-0.1, -0.05) is 19.1 Å². The molecule has 1 atom stereocenters. The fourth-order valence-electron chi connectivity index (χ4n) is 2.41. The Bertz CT molecular complexity index is 710. The molecule has 1 N–H and O–H groups in total. The largest absolute Gasteiger partial charge is 0.427 e. The second kappa shape index (κ2) is 5.15. The van der Waals surface area contributed by atoms with Gasteiger partial charge in [-0.2, -0.15) is 5.10 Å². The molecule has 0 aromatic carbocycles. The van der Waals surface area contributed by atoms with Crippen LogP contribution in [0, 0.1) is 9.48 Å². The number of aryl methyl sites for hydroxylation is 1. The topological polar surface area (TPSA) is 56.0 Å². The number of H-pyrrole nitrogens is 1. The van der Waals surface area contributed by atoms with Crippen molar-refractivity contribution in [2.75, 3.05) is 6.61 Å². The van der Waals surface area contributed by atoms with Crippen LogP contribution in [0.2, 0.25) is 0 Å². The third-order valence-corrected chi connectivity index (χ3v) is 3.80. The van der Waals surface area contributed by atoms with Crippen molar-refractivity contribution in [3.05, 3.63) is 15.2 Å². The molecule has 2 aromatic heterocycles. The zero-order valence-corrected chi connectivity index (χ0v) is 12.3. The number of nitrogens with one attached hydrogen (secondary N) is 1. The molecule has 1 saturated heterocycles. The molecule has 0 spiro atoms. The van der Waals surface area contributed by atoms with Gasteiger partial charge in [0.1, 0.15) is 15.9 Å². The minimum absolute atomic E-state index is 0.0576. The van der Waals surface area contributed by atoms with Crippen molar-refractivity contribution in [3.63, 3.8) is 0 Å². The third kappa shape index (κ3) is 2.26. The van der Waals surface area contributed by atoms with Gasteiger partial charge in [0.05, 0.1) is 0 Å². The van der Waals surface area contributed by atoms with E-state index in [4.69, 9.17) is 33.6 Å². The summed E-state index contributed by atoms with van der Waals surface area (Å²) in [6, 6.07) is 0. The lowest BCUT2D eigenvalue weighted by atomic mass is 10.2. The Hall–Kier alpha value is -1.05. The van der Waals surface area contributed by atoms with Gasteiger partial charge >= 0.3 is 0 Å². The SMILES string of the molecule is CCc1nn(C2CCCCO2)c2c(=S)[nH]c(=S)oc12. The molecule has 2 aromatic rings. The fraction of sp³-hybridized carbons (Fsp3) is 0.583. The lowest BCUT2D eigenvalue weighted by molar-refractivity contribution is -0.0369. The third-order valence-electron chi connectivity index (χ3n) is 3.32. The lowest BCUT2D eigenvalue weighted by Gasteiger charge is -2.23. The maximum atomic E-state index is 5.79. The van der Waals surface area contributed by atoms with Crippen LogP contribution in [0.5, 0.6) is 0 Å². The van der Waals surface area contributed by atoms with E-state index in [1.165, 1.54) is 0 Å². The van der Waals surface area contributed by atoms with E-state index in [1.54, 1.807) is 0 Å². The molecule has 1 fully saturated rings. The Morgan fingerprint density at radius 1 is 1.42 bits per heavy atom. The molecule has 3 heterocycles. The number of ether oxygens (including phenoxy) is 1. The molecular weight excluding hydrogens is 282 g/mol. The van der Waals surface area contributed by atoms with Crippen LogP contribution < -0.4 is 0 Å². The van der Waals surface area contributed by atoms with E-state index in [9.17, 15) is 0 Å². The van der Waals surface area contributed by atoms with Crippen LogP contribution in [-0.4, -0.2) is 21.4 Å². The monoisotopic (exact) mass is 297 g/mol. The Morgan fingerprint density at radius 2 is 2.26 bits per heavy atom. The molecule has 3 rings (SSSR count). The van der Waals surface area contributed by atoms with Crippen LogP contribution in [0.3, 0.4) is 0 Å². The normalized spacial score (nSPS) is 19.9. The summed E-state index contributed by atoms with van der Waals surface area (Å²) < 4.78 is 13.8. The quantitative estimate of drug-likeness (QED) is 0.857. The van der Waals surface area contributed by atoms with Gasteiger partial charge in [-0.3, -0.25) is 0 Å². The second-order valence-electron chi connectivity index (χ2n) is 4.59. The molecule has 0 aliphatic carbocycles. The van der Waals surface area contributed by atoms with E-state index in [0.717, 1.165) is 43.5 Å². The average Bonchev–Trinajstić information content (AvgIpc) is 2.78. The maximum Gasteiger partial charge on any atom is 0.267 e. The number of hydrogen-bond donors (Lipinski definition) is 1. The van der Waals surface area contributed by atoms with Crippen molar-refractivity contribution >= 4 is 35.5 Å². The molecule has 0 saturated carbocycles. The van der Waals surface area contributed by atoms with Crippen LogP contribution in [0.4, 0.5) is 0 Å². The Balaban J connectivity index is 2.24. The molecule has 7 heteroatoms. The Morgan fingerprint density at radius 3 is 2.95 bits per heavy atom. The molecule has 5 nitrogen and oxygen atoms in total. The standard InChI is InChI=1S/C12H15N3O2S2/c1-2-7-10-9(11(18)13-12(19)17-10)15(14-7)8-5-3-4-6-16-8/h8H,2-6H2,1H3,(H,13,18,19). The van der Waals surface area contributed by atoms with Gasteiger partial charge in [-0.15, -0.1) is 0 Å². The maximum absolute atomic E-state index is 5.79. The highest BCUT2D eigenvalue weighted by molar-refractivity contribution is 7.72. The fourth-order valence-corrected chi connectivity index (χ4v) is 2.94. The van der Waals surface area contributed by atoms with E-state index in [2.05, 4.69) is 10.1 Å². The van der Waals surface area contributed by atoms with E-state index in [1.807, 2.05) is 11.6 Å². The number of hydrogen-bond acceptors (Lipinski definition) is 5. The van der Waals surface area contributed by atoms with Gasteiger partial charge in [0.2, 0.25) is 0 Å². The molecule has 19 heavy (non-hydrogen) atoms. The van der Waals surface area contributed by atoms with Crippen LogP contribution in [-0.2, 0) is 11.2 Å². The van der Waals surface area contributed by atoms with Crippen molar-refractivity contribution < 1.29 is 9.15 Å². The summed E-state index contributed by atoms with van der Waals surface area (Å²) >= 11 is 10.4. The zero-order chi connectivity index (χ0) is 13.4. The van der Waals surface area contributed by atoms with E-state index in [0.29, 0.717) is 10.2 Å².